The molecular formula is C10H19BO2. The van der Waals surface area contributed by atoms with Crippen LogP contribution in [-0.4, -0.2) is 31.2 Å². The summed E-state index contributed by atoms with van der Waals surface area (Å²) in [6, 6.07) is -0.272. The second-order valence-corrected chi connectivity index (χ2v) is 4.19. The van der Waals surface area contributed by atoms with Gasteiger partial charge in [0.1, 0.15) is 7.85 Å². The maximum Gasteiger partial charge on any atom is 0.109 e. The molecule has 5 atom stereocenters. The van der Waals surface area contributed by atoms with Crippen LogP contribution in [0.4, 0.5) is 0 Å². The van der Waals surface area contributed by atoms with Gasteiger partial charge in [0.05, 0.1) is 12.2 Å². The molecule has 0 aromatic carbocycles. The van der Waals surface area contributed by atoms with Gasteiger partial charge in [0, 0.05) is 6.00 Å². The summed E-state index contributed by atoms with van der Waals surface area (Å²) >= 11 is 0. The average molecular weight is 182 g/mol. The quantitative estimate of drug-likeness (QED) is 0.667. The van der Waals surface area contributed by atoms with Crippen LogP contribution < -0.4 is 0 Å². The minimum absolute atomic E-state index is 0.0649. The highest BCUT2D eigenvalue weighted by Gasteiger charge is 2.36. The zero-order chi connectivity index (χ0) is 10.0. The molecule has 1 fully saturated rings. The molecular weight excluding hydrogens is 163 g/mol. The summed E-state index contributed by atoms with van der Waals surface area (Å²) in [7, 11) is 5.61. The lowest BCUT2D eigenvalue weighted by atomic mass is 9.86. The maximum atomic E-state index is 9.67. The minimum Gasteiger partial charge on any atom is -0.390 e. The molecule has 74 valence electrons. The molecule has 13 heavy (non-hydrogen) atoms. The number of ether oxygens (including phenoxy) is 1. The first-order valence-electron chi connectivity index (χ1n) is 5.15. The molecule has 2 radical (unpaired) electrons. The molecule has 1 heterocycles. The van der Waals surface area contributed by atoms with E-state index >= 15 is 0 Å². The Morgan fingerprint density at radius 3 is 2.54 bits per heavy atom. The molecule has 3 heteroatoms. The Morgan fingerprint density at radius 2 is 2.15 bits per heavy atom. The largest absolute Gasteiger partial charge is 0.390 e. The second kappa shape index (κ2) is 4.47. The Balaban J connectivity index is 2.51. The number of hydrogen-bond donors (Lipinski definition) is 1. The molecule has 0 aliphatic carbocycles. The van der Waals surface area contributed by atoms with E-state index < -0.39 is 0 Å². The van der Waals surface area contributed by atoms with E-state index in [1.54, 1.807) is 0 Å². The van der Waals surface area contributed by atoms with Crippen LogP contribution in [0.1, 0.15) is 33.6 Å². The van der Waals surface area contributed by atoms with Crippen LogP contribution in [0, 0.1) is 11.8 Å². The van der Waals surface area contributed by atoms with E-state index in [1.165, 1.54) is 0 Å². The predicted octanol–water partition coefficient (Wildman–Crippen LogP) is 1.31. The topological polar surface area (TPSA) is 29.5 Å². The van der Waals surface area contributed by atoms with Crippen molar-refractivity contribution >= 4 is 7.85 Å². The monoisotopic (exact) mass is 182 g/mol. The van der Waals surface area contributed by atoms with E-state index in [0.29, 0.717) is 18.3 Å². The fourth-order valence-corrected chi connectivity index (χ4v) is 1.89. The number of rotatable bonds is 3. The lowest BCUT2D eigenvalue weighted by Gasteiger charge is -2.26. The van der Waals surface area contributed by atoms with E-state index in [0.717, 1.165) is 6.42 Å². The molecule has 1 rings (SSSR count). The van der Waals surface area contributed by atoms with Crippen molar-refractivity contribution in [2.75, 3.05) is 0 Å². The predicted molar refractivity (Wildman–Crippen MR) is 53.7 cm³/mol. The van der Waals surface area contributed by atoms with Gasteiger partial charge in [-0.05, 0) is 18.3 Å². The van der Waals surface area contributed by atoms with Crippen molar-refractivity contribution in [2.45, 2.75) is 51.8 Å². The van der Waals surface area contributed by atoms with Gasteiger partial charge in [0.15, 0.2) is 0 Å². The normalized spacial score (nSPS) is 38.9. The molecule has 0 bridgehead atoms. The van der Waals surface area contributed by atoms with Gasteiger partial charge >= 0.3 is 0 Å². The Labute approximate surface area is 82.1 Å². The van der Waals surface area contributed by atoms with Crippen LogP contribution in [-0.2, 0) is 4.74 Å². The second-order valence-electron chi connectivity index (χ2n) is 4.19. The summed E-state index contributed by atoms with van der Waals surface area (Å²) in [4.78, 5) is 0. The molecule has 0 aromatic heterocycles. The molecule has 0 spiro atoms. The van der Waals surface area contributed by atoms with Gasteiger partial charge in [0.25, 0.3) is 0 Å². The Hall–Kier alpha value is -0.0151. The standard InChI is InChI=1S/C10H19BO2/c1-4-6(2)7(3)10-8(12)5-9(11)13-10/h6-10,12H,4-5H2,1-3H3/t6?,7?,8?,9-,10?/m1/s1. The van der Waals surface area contributed by atoms with Crippen LogP contribution in [0.25, 0.3) is 0 Å². The van der Waals surface area contributed by atoms with Crippen molar-refractivity contribution in [3.05, 3.63) is 0 Å². The summed E-state index contributed by atoms with van der Waals surface area (Å²) in [5.41, 5.74) is 0. The van der Waals surface area contributed by atoms with Crippen molar-refractivity contribution in [3.8, 4) is 0 Å². The molecule has 0 saturated carbocycles. The van der Waals surface area contributed by atoms with Crippen LogP contribution in [0.3, 0.4) is 0 Å². The molecule has 1 aliphatic rings. The first kappa shape index (κ1) is 11.1. The van der Waals surface area contributed by atoms with Crippen molar-refractivity contribution in [1.29, 1.82) is 0 Å². The van der Waals surface area contributed by atoms with Gasteiger partial charge in [0.2, 0.25) is 0 Å². The number of aliphatic hydroxyl groups excluding tert-OH is 1. The van der Waals surface area contributed by atoms with E-state index in [-0.39, 0.29) is 18.2 Å². The van der Waals surface area contributed by atoms with Crippen molar-refractivity contribution < 1.29 is 9.84 Å². The lowest BCUT2D eigenvalue weighted by Crippen LogP contribution is -2.32. The van der Waals surface area contributed by atoms with E-state index in [4.69, 9.17) is 12.6 Å². The first-order chi connectivity index (χ1) is 6.06. The fourth-order valence-electron chi connectivity index (χ4n) is 1.89. The number of aliphatic hydroxyl groups is 1. The molecule has 2 nitrogen and oxygen atoms in total. The van der Waals surface area contributed by atoms with Gasteiger partial charge in [-0.15, -0.1) is 0 Å². The van der Waals surface area contributed by atoms with Crippen LogP contribution in [0.5, 0.6) is 0 Å². The molecule has 4 unspecified atom stereocenters. The third kappa shape index (κ3) is 2.47. The number of hydrogen-bond acceptors (Lipinski definition) is 2. The summed E-state index contributed by atoms with van der Waals surface area (Å²) in [6.45, 7) is 6.47. The highest BCUT2D eigenvalue weighted by molar-refractivity contribution is 6.11. The van der Waals surface area contributed by atoms with Gasteiger partial charge in [-0.3, -0.25) is 0 Å². The lowest BCUT2D eigenvalue weighted by molar-refractivity contribution is -0.0173. The Kier molecular flexibility index (Phi) is 3.80. The Bertz CT molecular complexity index is 163. The first-order valence-corrected chi connectivity index (χ1v) is 5.15. The third-order valence-electron chi connectivity index (χ3n) is 3.24. The molecule has 1 N–H and O–H groups in total. The molecule has 1 saturated heterocycles. The maximum absolute atomic E-state index is 9.67. The molecule has 0 aromatic rings. The smallest absolute Gasteiger partial charge is 0.109 e. The third-order valence-corrected chi connectivity index (χ3v) is 3.24. The zero-order valence-corrected chi connectivity index (χ0v) is 8.73. The summed E-state index contributed by atoms with van der Waals surface area (Å²) < 4.78 is 5.49. The average Bonchev–Trinajstić information content (AvgIpc) is 2.42. The van der Waals surface area contributed by atoms with E-state index in [2.05, 4.69) is 20.8 Å². The summed E-state index contributed by atoms with van der Waals surface area (Å²) in [5, 5.41) is 9.67. The summed E-state index contributed by atoms with van der Waals surface area (Å²) in [5.74, 6) is 0.957. The highest BCUT2D eigenvalue weighted by Crippen LogP contribution is 2.29. The van der Waals surface area contributed by atoms with E-state index in [9.17, 15) is 5.11 Å². The van der Waals surface area contributed by atoms with Crippen LogP contribution >= 0.6 is 0 Å². The van der Waals surface area contributed by atoms with Gasteiger partial charge in [-0.1, -0.05) is 27.2 Å². The van der Waals surface area contributed by atoms with Gasteiger partial charge in [-0.2, -0.15) is 0 Å². The zero-order valence-electron chi connectivity index (χ0n) is 8.73. The van der Waals surface area contributed by atoms with Gasteiger partial charge < -0.3 is 9.84 Å². The molecule has 1 aliphatic heterocycles. The molecule has 0 amide bonds. The van der Waals surface area contributed by atoms with Crippen LogP contribution in [0.15, 0.2) is 0 Å². The van der Waals surface area contributed by atoms with Crippen molar-refractivity contribution in [3.63, 3.8) is 0 Å². The Morgan fingerprint density at radius 1 is 1.54 bits per heavy atom. The van der Waals surface area contributed by atoms with E-state index in [1.807, 2.05) is 0 Å². The summed E-state index contributed by atoms with van der Waals surface area (Å²) in [6.07, 6.45) is 1.25. The van der Waals surface area contributed by atoms with Crippen molar-refractivity contribution in [2.24, 2.45) is 11.8 Å². The van der Waals surface area contributed by atoms with Crippen molar-refractivity contribution in [1.82, 2.24) is 0 Å². The fraction of sp³-hybridized carbons (Fsp3) is 1.00. The minimum atomic E-state index is -0.376. The van der Waals surface area contributed by atoms with Crippen LogP contribution in [0.2, 0.25) is 0 Å². The highest BCUT2D eigenvalue weighted by atomic mass is 16.5. The SMILES string of the molecule is [B][C@H]1CC(O)C(C(C)C(C)CC)O1. The van der Waals surface area contributed by atoms with Gasteiger partial charge in [-0.25, -0.2) is 0 Å².